The fraction of sp³-hybridized carbons (Fsp3) is 0.105. The van der Waals surface area contributed by atoms with E-state index in [1.54, 1.807) is 6.07 Å². The van der Waals surface area contributed by atoms with Gasteiger partial charge in [0.25, 0.3) is 16.9 Å². The largest absolute Gasteiger partial charge is 0.496 e. The number of benzene rings is 2. The van der Waals surface area contributed by atoms with Crippen LogP contribution in [-0.2, 0) is 6.54 Å². The van der Waals surface area contributed by atoms with Gasteiger partial charge in [0.1, 0.15) is 23.2 Å². The van der Waals surface area contributed by atoms with Crippen molar-refractivity contribution in [2.24, 2.45) is 0 Å². The molecule has 0 bridgehead atoms. The number of aromatic nitrogens is 4. The van der Waals surface area contributed by atoms with Crippen molar-refractivity contribution in [3.8, 4) is 11.4 Å². The smallest absolute Gasteiger partial charge is 0.294 e. The number of nitro benzene ring substituents is 2. The highest BCUT2D eigenvalue weighted by Gasteiger charge is 2.20. The summed E-state index contributed by atoms with van der Waals surface area (Å²) >= 11 is 0. The molecule has 4 rings (SSSR count). The van der Waals surface area contributed by atoms with Crippen molar-refractivity contribution in [2.75, 3.05) is 7.11 Å². The standard InChI is InChI=1S/C19H14N6O6/c1-31-17-7-6-13(24(27)28)8-12(17)10-22-11-20-18-14(19(22)26)9-21-23(18)15-4-2-3-5-16(15)25(29)30/h2-9,11H,10H2,1H3. The molecule has 2 heterocycles. The normalized spacial score (nSPS) is 10.9. The van der Waals surface area contributed by atoms with E-state index in [4.69, 9.17) is 4.74 Å². The Morgan fingerprint density at radius 1 is 1.10 bits per heavy atom. The van der Waals surface area contributed by atoms with E-state index in [0.29, 0.717) is 11.3 Å². The second-order valence-electron chi connectivity index (χ2n) is 6.47. The number of methoxy groups -OCH3 is 1. The van der Waals surface area contributed by atoms with E-state index in [9.17, 15) is 25.0 Å². The van der Waals surface area contributed by atoms with Gasteiger partial charge in [0.15, 0.2) is 5.65 Å². The minimum Gasteiger partial charge on any atom is -0.496 e. The molecule has 0 atom stereocenters. The molecule has 0 radical (unpaired) electrons. The number of para-hydroxylation sites is 2. The molecule has 0 aliphatic carbocycles. The number of hydrogen-bond acceptors (Lipinski definition) is 8. The number of hydrogen-bond donors (Lipinski definition) is 0. The molecule has 4 aromatic rings. The molecule has 0 unspecified atom stereocenters. The van der Waals surface area contributed by atoms with Gasteiger partial charge in [-0.15, -0.1) is 0 Å². The lowest BCUT2D eigenvalue weighted by atomic mass is 10.1. The summed E-state index contributed by atoms with van der Waals surface area (Å²) in [5.41, 5.74) is -0.0228. The van der Waals surface area contributed by atoms with Crippen LogP contribution in [0.2, 0.25) is 0 Å². The van der Waals surface area contributed by atoms with Crippen LogP contribution in [0.25, 0.3) is 16.7 Å². The number of non-ortho nitro benzene ring substituents is 1. The Morgan fingerprint density at radius 2 is 1.87 bits per heavy atom. The predicted octanol–water partition coefficient (Wildman–Crippen LogP) is 2.46. The van der Waals surface area contributed by atoms with Gasteiger partial charge in [0.2, 0.25) is 0 Å². The van der Waals surface area contributed by atoms with Crippen molar-refractivity contribution in [2.45, 2.75) is 6.54 Å². The molecule has 0 fully saturated rings. The molecule has 31 heavy (non-hydrogen) atoms. The molecule has 0 aliphatic rings. The van der Waals surface area contributed by atoms with Gasteiger partial charge in [-0.25, -0.2) is 9.67 Å². The summed E-state index contributed by atoms with van der Waals surface area (Å²) in [4.78, 5) is 38.6. The van der Waals surface area contributed by atoms with Crippen LogP contribution in [-0.4, -0.2) is 36.3 Å². The third kappa shape index (κ3) is 3.46. The number of fused-ring (bicyclic) bond motifs is 1. The van der Waals surface area contributed by atoms with Crippen molar-refractivity contribution < 1.29 is 14.6 Å². The lowest BCUT2D eigenvalue weighted by Crippen LogP contribution is -2.21. The van der Waals surface area contributed by atoms with Crippen molar-refractivity contribution in [3.05, 3.63) is 91.1 Å². The van der Waals surface area contributed by atoms with Gasteiger partial charge in [-0.1, -0.05) is 12.1 Å². The molecule has 12 nitrogen and oxygen atoms in total. The van der Waals surface area contributed by atoms with Crippen LogP contribution in [0.3, 0.4) is 0 Å². The quantitative estimate of drug-likeness (QED) is 0.340. The highest BCUT2D eigenvalue weighted by atomic mass is 16.6. The summed E-state index contributed by atoms with van der Waals surface area (Å²) in [6.45, 7) is -0.0245. The molecular weight excluding hydrogens is 408 g/mol. The molecule has 12 heteroatoms. The van der Waals surface area contributed by atoms with Gasteiger partial charge in [-0.05, 0) is 12.1 Å². The average molecular weight is 422 g/mol. The zero-order valence-electron chi connectivity index (χ0n) is 16.0. The van der Waals surface area contributed by atoms with E-state index in [1.807, 2.05) is 0 Å². The van der Waals surface area contributed by atoms with E-state index in [-0.39, 0.29) is 34.6 Å². The van der Waals surface area contributed by atoms with Gasteiger partial charge in [-0.3, -0.25) is 29.6 Å². The van der Waals surface area contributed by atoms with Crippen LogP contribution in [0.15, 0.2) is 59.8 Å². The minimum atomic E-state index is -0.543. The third-order valence-corrected chi connectivity index (χ3v) is 4.68. The minimum absolute atomic E-state index is 0.0245. The van der Waals surface area contributed by atoms with Crippen molar-refractivity contribution in [1.82, 2.24) is 19.3 Å². The summed E-state index contributed by atoms with van der Waals surface area (Å²) in [6.07, 6.45) is 2.54. The van der Waals surface area contributed by atoms with Crippen molar-refractivity contribution in [3.63, 3.8) is 0 Å². The highest BCUT2D eigenvalue weighted by Crippen LogP contribution is 2.26. The van der Waals surface area contributed by atoms with Crippen LogP contribution >= 0.6 is 0 Å². The summed E-state index contributed by atoms with van der Waals surface area (Å²) < 4.78 is 7.73. The molecule has 0 saturated carbocycles. The molecule has 0 aliphatic heterocycles. The van der Waals surface area contributed by atoms with Gasteiger partial charge in [-0.2, -0.15) is 5.10 Å². The van der Waals surface area contributed by atoms with Crippen LogP contribution in [0.4, 0.5) is 11.4 Å². The Bertz CT molecular complexity index is 1390. The van der Waals surface area contributed by atoms with E-state index in [1.165, 1.54) is 65.3 Å². The number of rotatable bonds is 6. The Balaban J connectivity index is 1.80. The SMILES string of the molecule is COc1ccc([N+](=O)[O-])cc1Cn1cnc2c(cnn2-c2ccccc2[N+](=O)[O-])c1=O. The summed E-state index contributed by atoms with van der Waals surface area (Å²) in [6, 6.07) is 10.1. The van der Waals surface area contributed by atoms with Crippen LogP contribution in [0.1, 0.15) is 5.56 Å². The molecular formula is C19H14N6O6. The van der Waals surface area contributed by atoms with Crippen LogP contribution in [0.5, 0.6) is 5.75 Å². The van der Waals surface area contributed by atoms with E-state index >= 15 is 0 Å². The molecule has 156 valence electrons. The first kappa shape index (κ1) is 19.7. The fourth-order valence-electron chi connectivity index (χ4n) is 3.22. The topological polar surface area (TPSA) is 148 Å². The monoisotopic (exact) mass is 422 g/mol. The van der Waals surface area contributed by atoms with Crippen molar-refractivity contribution >= 4 is 22.4 Å². The molecule has 0 amide bonds. The van der Waals surface area contributed by atoms with Crippen LogP contribution in [0, 0.1) is 20.2 Å². The number of nitro groups is 2. The summed E-state index contributed by atoms with van der Waals surface area (Å²) in [7, 11) is 1.42. The first-order valence-corrected chi connectivity index (χ1v) is 8.89. The number of nitrogens with zero attached hydrogens (tertiary/aromatic N) is 6. The number of ether oxygens (including phenoxy) is 1. The Labute approximate surface area is 173 Å². The highest BCUT2D eigenvalue weighted by molar-refractivity contribution is 5.76. The second-order valence-corrected chi connectivity index (χ2v) is 6.47. The van der Waals surface area contributed by atoms with Crippen molar-refractivity contribution in [1.29, 1.82) is 0 Å². The zero-order chi connectivity index (χ0) is 22.1. The van der Waals surface area contributed by atoms with Gasteiger partial charge in [0.05, 0.1) is 29.7 Å². The fourth-order valence-corrected chi connectivity index (χ4v) is 3.22. The average Bonchev–Trinajstić information content (AvgIpc) is 3.20. The lowest BCUT2D eigenvalue weighted by Gasteiger charge is -2.10. The van der Waals surface area contributed by atoms with Gasteiger partial charge < -0.3 is 4.74 Å². The summed E-state index contributed by atoms with van der Waals surface area (Å²) in [5, 5.41) is 26.7. The third-order valence-electron chi connectivity index (χ3n) is 4.68. The maximum absolute atomic E-state index is 13.0. The first-order chi connectivity index (χ1) is 14.9. The first-order valence-electron chi connectivity index (χ1n) is 8.89. The van der Waals surface area contributed by atoms with E-state index in [2.05, 4.69) is 10.1 Å². The van der Waals surface area contributed by atoms with Gasteiger partial charge >= 0.3 is 0 Å². The molecule has 2 aromatic carbocycles. The Morgan fingerprint density at radius 3 is 2.58 bits per heavy atom. The Hall–Kier alpha value is -4.61. The molecule has 2 aromatic heterocycles. The lowest BCUT2D eigenvalue weighted by molar-refractivity contribution is -0.385. The maximum Gasteiger partial charge on any atom is 0.294 e. The molecule has 0 N–H and O–H groups in total. The maximum atomic E-state index is 13.0. The predicted molar refractivity (Wildman–Crippen MR) is 109 cm³/mol. The zero-order valence-corrected chi connectivity index (χ0v) is 16.0. The Kier molecular flexibility index (Phi) is 4.87. The van der Waals surface area contributed by atoms with Gasteiger partial charge in [0, 0.05) is 23.8 Å². The van der Waals surface area contributed by atoms with E-state index in [0.717, 1.165) is 0 Å². The second kappa shape index (κ2) is 7.67. The summed E-state index contributed by atoms with van der Waals surface area (Å²) in [5.74, 6) is 0.383. The van der Waals surface area contributed by atoms with Crippen LogP contribution < -0.4 is 10.3 Å². The molecule has 0 spiro atoms. The van der Waals surface area contributed by atoms with E-state index < -0.39 is 15.4 Å². The molecule has 0 saturated heterocycles.